The Balaban J connectivity index is 2.18. The molecule has 2 N–H and O–H groups in total. The molecule has 116 valence electrons. The van der Waals surface area contributed by atoms with Crippen molar-refractivity contribution < 1.29 is 0 Å². The lowest BCUT2D eigenvalue weighted by atomic mass is 9.93. The molecule has 3 rings (SSSR count). The molecule has 0 radical (unpaired) electrons. The van der Waals surface area contributed by atoms with Gasteiger partial charge in [-0.2, -0.15) is 0 Å². The predicted octanol–water partition coefficient (Wildman–Crippen LogP) is 5.84. The second-order valence-corrected chi connectivity index (χ2v) is 6.52. The number of nitrogens with two attached hydrogens (primary N) is 1. The number of hydrogen-bond acceptors (Lipinski definition) is 1. The van der Waals surface area contributed by atoms with E-state index in [1.165, 1.54) is 33.4 Å². The summed E-state index contributed by atoms with van der Waals surface area (Å²) < 4.78 is 0. The maximum atomic E-state index is 6.55. The molecular weight excluding hydrogens is 278 g/mol. The van der Waals surface area contributed by atoms with Crippen LogP contribution >= 0.6 is 0 Å². The van der Waals surface area contributed by atoms with Crippen LogP contribution in [0, 0.1) is 27.7 Å². The van der Waals surface area contributed by atoms with Crippen LogP contribution in [0.4, 0.5) is 5.69 Å². The van der Waals surface area contributed by atoms with Crippen LogP contribution in [-0.2, 0) is 0 Å². The summed E-state index contributed by atoms with van der Waals surface area (Å²) in [6, 6.07) is 19.5. The van der Waals surface area contributed by atoms with E-state index in [0.717, 1.165) is 16.8 Å². The molecule has 0 unspecified atom stereocenters. The summed E-state index contributed by atoms with van der Waals surface area (Å²) in [5.41, 5.74) is 17.0. The molecule has 0 spiro atoms. The van der Waals surface area contributed by atoms with Crippen molar-refractivity contribution in [1.82, 2.24) is 0 Å². The van der Waals surface area contributed by atoms with Gasteiger partial charge >= 0.3 is 0 Å². The van der Waals surface area contributed by atoms with Gasteiger partial charge in [0.15, 0.2) is 0 Å². The third-order valence-electron chi connectivity index (χ3n) is 4.17. The average Bonchev–Trinajstić information content (AvgIpc) is 2.45. The number of nitrogen functional groups attached to an aromatic ring is 1. The van der Waals surface area contributed by atoms with E-state index in [0.29, 0.717) is 0 Å². The Morgan fingerprint density at radius 3 is 1.26 bits per heavy atom. The van der Waals surface area contributed by atoms with Gasteiger partial charge in [-0.1, -0.05) is 76.9 Å². The first-order valence-electron chi connectivity index (χ1n) is 8.00. The Labute approximate surface area is 138 Å². The first-order valence-corrected chi connectivity index (χ1v) is 8.00. The van der Waals surface area contributed by atoms with E-state index in [1.807, 2.05) is 0 Å². The molecule has 0 fully saturated rings. The van der Waals surface area contributed by atoms with E-state index in [4.69, 9.17) is 5.73 Å². The zero-order valence-electron chi connectivity index (χ0n) is 14.3. The van der Waals surface area contributed by atoms with Crippen LogP contribution in [0.1, 0.15) is 22.3 Å². The molecule has 3 aromatic carbocycles. The minimum absolute atomic E-state index is 0.850. The number of hydrogen-bond donors (Lipinski definition) is 1. The van der Waals surface area contributed by atoms with E-state index in [-0.39, 0.29) is 0 Å². The molecule has 0 aliphatic rings. The minimum atomic E-state index is 0.850. The van der Waals surface area contributed by atoms with Crippen molar-refractivity contribution in [3.8, 4) is 22.3 Å². The molecule has 0 bridgehead atoms. The quantitative estimate of drug-likeness (QED) is 0.591. The van der Waals surface area contributed by atoms with Crippen LogP contribution in [0.5, 0.6) is 0 Å². The molecule has 1 heteroatoms. The minimum Gasteiger partial charge on any atom is -0.398 e. The summed E-state index contributed by atoms with van der Waals surface area (Å²) in [4.78, 5) is 0. The lowest BCUT2D eigenvalue weighted by Gasteiger charge is -2.14. The number of rotatable bonds is 2. The Bertz CT molecular complexity index is 765. The average molecular weight is 301 g/mol. The number of anilines is 1. The van der Waals surface area contributed by atoms with E-state index in [2.05, 4.69) is 82.3 Å². The topological polar surface area (TPSA) is 26.0 Å². The van der Waals surface area contributed by atoms with Crippen molar-refractivity contribution in [3.05, 3.63) is 76.9 Å². The monoisotopic (exact) mass is 301 g/mol. The molecule has 0 aliphatic carbocycles. The maximum Gasteiger partial charge on any atom is 0.0473 e. The molecule has 3 aromatic rings. The van der Waals surface area contributed by atoms with Gasteiger partial charge in [0.25, 0.3) is 0 Å². The smallest absolute Gasteiger partial charge is 0.0473 e. The largest absolute Gasteiger partial charge is 0.398 e. The molecule has 0 aromatic heterocycles. The standard InChI is InChI=1S/C22H23N/c1-14-8-15(2)11-18(10-14)20-6-5-7-21(22(20)23)19-12-16(3)9-17(4)13-19/h5-13H,23H2,1-4H3. The molecular formula is C22H23N. The SMILES string of the molecule is Cc1cc(C)cc(-c2cccc(-c3cc(C)cc(C)c3)c2N)c1. The molecule has 0 saturated carbocycles. The molecule has 0 saturated heterocycles. The van der Waals surface area contributed by atoms with Gasteiger partial charge in [0.05, 0.1) is 0 Å². The van der Waals surface area contributed by atoms with Gasteiger partial charge < -0.3 is 5.73 Å². The van der Waals surface area contributed by atoms with Gasteiger partial charge in [-0.3, -0.25) is 0 Å². The van der Waals surface area contributed by atoms with Crippen LogP contribution in [0.25, 0.3) is 22.3 Å². The first-order chi connectivity index (χ1) is 10.9. The highest BCUT2D eigenvalue weighted by Crippen LogP contribution is 2.36. The Morgan fingerprint density at radius 1 is 0.565 bits per heavy atom. The van der Waals surface area contributed by atoms with Gasteiger partial charge in [0, 0.05) is 16.8 Å². The van der Waals surface area contributed by atoms with Crippen LogP contribution in [0.2, 0.25) is 0 Å². The van der Waals surface area contributed by atoms with E-state index in [9.17, 15) is 0 Å². The molecule has 1 nitrogen and oxygen atoms in total. The first kappa shape index (κ1) is 15.4. The van der Waals surface area contributed by atoms with Crippen LogP contribution < -0.4 is 5.73 Å². The lowest BCUT2D eigenvalue weighted by molar-refractivity contribution is 1.38. The Hall–Kier alpha value is -2.54. The highest BCUT2D eigenvalue weighted by atomic mass is 14.6. The van der Waals surface area contributed by atoms with Crippen LogP contribution in [-0.4, -0.2) is 0 Å². The van der Waals surface area contributed by atoms with Crippen molar-refractivity contribution in [3.63, 3.8) is 0 Å². The summed E-state index contributed by atoms with van der Waals surface area (Å²) in [5, 5.41) is 0. The summed E-state index contributed by atoms with van der Waals surface area (Å²) in [6.45, 7) is 8.50. The van der Waals surface area contributed by atoms with Crippen molar-refractivity contribution >= 4 is 5.69 Å². The third kappa shape index (κ3) is 3.14. The van der Waals surface area contributed by atoms with Gasteiger partial charge in [-0.15, -0.1) is 0 Å². The fourth-order valence-electron chi connectivity index (χ4n) is 3.33. The van der Waals surface area contributed by atoms with Crippen molar-refractivity contribution in [1.29, 1.82) is 0 Å². The van der Waals surface area contributed by atoms with Crippen LogP contribution in [0.15, 0.2) is 54.6 Å². The van der Waals surface area contributed by atoms with Gasteiger partial charge in [-0.25, -0.2) is 0 Å². The second-order valence-electron chi connectivity index (χ2n) is 6.52. The summed E-state index contributed by atoms with van der Waals surface area (Å²) in [6.07, 6.45) is 0. The Kier molecular flexibility index (Phi) is 3.96. The van der Waals surface area contributed by atoms with Crippen LogP contribution in [0.3, 0.4) is 0 Å². The number of para-hydroxylation sites is 1. The predicted molar refractivity (Wildman–Crippen MR) is 101 cm³/mol. The number of aryl methyl sites for hydroxylation is 4. The Morgan fingerprint density at radius 2 is 0.913 bits per heavy atom. The zero-order chi connectivity index (χ0) is 16.6. The second kappa shape index (κ2) is 5.92. The van der Waals surface area contributed by atoms with Crippen molar-refractivity contribution in [2.75, 3.05) is 5.73 Å². The molecule has 0 atom stereocenters. The van der Waals surface area contributed by atoms with Gasteiger partial charge in [0.1, 0.15) is 0 Å². The number of benzene rings is 3. The normalized spacial score (nSPS) is 10.8. The van der Waals surface area contributed by atoms with Gasteiger partial charge in [-0.05, 0) is 38.8 Å². The fourth-order valence-corrected chi connectivity index (χ4v) is 3.33. The van der Waals surface area contributed by atoms with Gasteiger partial charge in [0.2, 0.25) is 0 Å². The maximum absolute atomic E-state index is 6.55. The molecule has 0 amide bonds. The van der Waals surface area contributed by atoms with Crippen molar-refractivity contribution in [2.45, 2.75) is 27.7 Å². The highest BCUT2D eigenvalue weighted by Gasteiger charge is 2.10. The molecule has 0 heterocycles. The molecule has 23 heavy (non-hydrogen) atoms. The van der Waals surface area contributed by atoms with Crippen molar-refractivity contribution in [2.24, 2.45) is 0 Å². The van der Waals surface area contributed by atoms with E-state index in [1.54, 1.807) is 0 Å². The zero-order valence-corrected chi connectivity index (χ0v) is 14.3. The van der Waals surface area contributed by atoms with E-state index >= 15 is 0 Å². The fraction of sp³-hybridized carbons (Fsp3) is 0.182. The van der Waals surface area contributed by atoms with E-state index < -0.39 is 0 Å². The summed E-state index contributed by atoms with van der Waals surface area (Å²) >= 11 is 0. The third-order valence-corrected chi connectivity index (χ3v) is 4.17. The summed E-state index contributed by atoms with van der Waals surface area (Å²) in [7, 11) is 0. The highest BCUT2D eigenvalue weighted by molar-refractivity contribution is 5.89. The molecule has 0 aliphatic heterocycles. The lowest BCUT2D eigenvalue weighted by Crippen LogP contribution is -1.95. The summed E-state index contributed by atoms with van der Waals surface area (Å²) in [5.74, 6) is 0.